The lowest BCUT2D eigenvalue weighted by atomic mass is 10.0. The van der Waals surface area contributed by atoms with Crippen LogP contribution in [-0.2, 0) is 4.79 Å². The van der Waals surface area contributed by atoms with E-state index < -0.39 is 0 Å². The van der Waals surface area contributed by atoms with Crippen LogP contribution in [0.3, 0.4) is 0 Å². The quantitative estimate of drug-likeness (QED) is 0.504. The molecule has 0 unspecified atom stereocenters. The standard InChI is InChI=1S/C16H33NO/c1-4-5-13-16(18)17-14-11-9-7-6-8-10-12-15(2)3/h15H,4-14H2,1-3H3,(H,17,18). The summed E-state index contributed by atoms with van der Waals surface area (Å²) in [6.07, 6.45) is 12.0. The second-order valence-corrected chi connectivity index (χ2v) is 5.76. The van der Waals surface area contributed by atoms with Gasteiger partial charge in [0.1, 0.15) is 0 Å². The molecule has 0 atom stereocenters. The average Bonchev–Trinajstić information content (AvgIpc) is 2.34. The molecule has 0 aromatic carbocycles. The normalized spacial score (nSPS) is 10.9. The molecular weight excluding hydrogens is 222 g/mol. The highest BCUT2D eigenvalue weighted by molar-refractivity contribution is 5.75. The Labute approximate surface area is 114 Å². The maximum Gasteiger partial charge on any atom is 0.219 e. The van der Waals surface area contributed by atoms with Crippen LogP contribution in [0, 0.1) is 5.92 Å². The van der Waals surface area contributed by atoms with Gasteiger partial charge in [-0.3, -0.25) is 4.79 Å². The molecule has 0 spiro atoms. The van der Waals surface area contributed by atoms with E-state index in [0.717, 1.165) is 31.7 Å². The number of nitrogens with one attached hydrogen (secondary N) is 1. The highest BCUT2D eigenvalue weighted by atomic mass is 16.1. The van der Waals surface area contributed by atoms with Crippen molar-refractivity contribution in [2.75, 3.05) is 6.54 Å². The van der Waals surface area contributed by atoms with Gasteiger partial charge >= 0.3 is 0 Å². The first-order chi connectivity index (χ1) is 8.66. The Morgan fingerprint density at radius 1 is 0.944 bits per heavy atom. The van der Waals surface area contributed by atoms with Crippen molar-refractivity contribution in [2.24, 2.45) is 5.92 Å². The molecule has 0 aliphatic carbocycles. The molecule has 18 heavy (non-hydrogen) atoms. The van der Waals surface area contributed by atoms with Crippen molar-refractivity contribution in [3.05, 3.63) is 0 Å². The molecular formula is C16H33NO. The zero-order valence-corrected chi connectivity index (χ0v) is 12.8. The predicted molar refractivity (Wildman–Crippen MR) is 79.7 cm³/mol. The Morgan fingerprint density at radius 3 is 2.17 bits per heavy atom. The van der Waals surface area contributed by atoms with Gasteiger partial charge in [0.25, 0.3) is 0 Å². The summed E-state index contributed by atoms with van der Waals surface area (Å²) in [6.45, 7) is 7.57. The van der Waals surface area contributed by atoms with Gasteiger partial charge in [0.2, 0.25) is 5.91 Å². The Bertz CT molecular complexity index is 190. The van der Waals surface area contributed by atoms with E-state index in [1.165, 1.54) is 38.5 Å². The second-order valence-electron chi connectivity index (χ2n) is 5.76. The van der Waals surface area contributed by atoms with Gasteiger partial charge in [0.15, 0.2) is 0 Å². The van der Waals surface area contributed by atoms with E-state index in [0.29, 0.717) is 6.42 Å². The number of carbonyl (C=O) groups excluding carboxylic acids is 1. The summed E-state index contributed by atoms with van der Waals surface area (Å²) < 4.78 is 0. The molecule has 0 aliphatic heterocycles. The third-order valence-corrected chi connectivity index (χ3v) is 3.29. The van der Waals surface area contributed by atoms with Crippen molar-refractivity contribution in [1.82, 2.24) is 5.32 Å². The molecule has 108 valence electrons. The van der Waals surface area contributed by atoms with Gasteiger partial charge in [-0.05, 0) is 18.8 Å². The molecule has 1 N–H and O–H groups in total. The fourth-order valence-corrected chi connectivity index (χ4v) is 2.04. The molecule has 0 aromatic rings. The first-order valence-electron chi connectivity index (χ1n) is 7.93. The fraction of sp³-hybridized carbons (Fsp3) is 0.938. The van der Waals surface area contributed by atoms with Crippen LogP contribution in [0.2, 0.25) is 0 Å². The van der Waals surface area contributed by atoms with Crippen LogP contribution < -0.4 is 5.32 Å². The third-order valence-electron chi connectivity index (χ3n) is 3.29. The van der Waals surface area contributed by atoms with Crippen molar-refractivity contribution in [3.8, 4) is 0 Å². The lowest BCUT2D eigenvalue weighted by molar-refractivity contribution is -0.121. The van der Waals surface area contributed by atoms with Gasteiger partial charge in [-0.25, -0.2) is 0 Å². The Hall–Kier alpha value is -0.530. The number of hydrogen-bond donors (Lipinski definition) is 1. The van der Waals surface area contributed by atoms with Gasteiger partial charge in [-0.2, -0.15) is 0 Å². The molecule has 0 saturated carbocycles. The largest absolute Gasteiger partial charge is 0.356 e. The maximum absolute atomic E-state index is 11.3. The average molecular weight is 255 g/mol. The van der Waals surface area contributed by atoms with E-state index in [1.807, 2.05) is 0 Å². The van der Waals surface area contributed by atoms with Gasteiger partial charge in [0.05, 0.1) is 0 Å². The number of rotatable bonds is 12. The van der Waals surface area contributed by atoms with E-state index >= 15 is 0 Å². The lowest BCUT2D eigenvalue weighted by Gasteiger charge is -2.05. The molecule has 2 heteroatoms. The van der Waals surface area contributed by atoms with Crippen LogP contribution in [0.1, 0.15) is 85.0 Å². The number of hydrogen-bond acceptors (Lipinski definition) is 1. The highest BCUT2D eigenvalue weighted by Crippen LogP contribution is 2.11. The van der Waals surface area contributed by atoms with Gasteiger partial charge in [-0.15, -0.1) is 0 Å². The summed E-state index contributed by atoms with van der Waals surface area (Å²) >= 11 is 0. The summed E-state index contributed by atoms with van der Waals surface area (Å²) in [4.78, 5) is 11.3. The Morgan fingerprint density at radius 2 is 1.56 bits per heavy atom. The Balaban J connectivity index is 3.09. The zero-order valence-electron chi connectivity index (χ0n) is 12.8. The fourth-order valence-electron chi connectivity index (χ4n) is 2.04. The minimum absolute atomic E-state index is 0.230. The number of amides is 1. The second kappa shape index (κ2) is 12.9. The smallest absolute Gasteiger partial charge is 0.219 e. The van der Waals surface area contributed by atoms with Crippen LogP contribution in [0.5, 0.6) is 0 Å². The first-order valence-corrected chi connectivity index (χ1v) is 7.93. The number of unbranched alkanes of at least 4 members (excludes halogenated alkanes) is 6. The molecule has 0 heterocycles. The van der Waals surface area contributed by atoms with Gasteiger partial charge in [0, 0.05) is 13.0 Å². The summed E-state index contributed by atoms with van der Waals surface area (Å²) in [5, 5.41) is 3.00. The van der Waals surface area contributed by atoms with E-state index in [-0.39, 0.29) is 5.91 Å². The summed E-state index contributed by atoms with van der Waals surface area (Å²) in [6, 6.07) is 0. The predicted octanol–water partition coefficient (Wildman–Crippen LogP) is 4.68. The van der Waals surface area contributed by atoms with E-state index in [4.69, 9.17) is 0 Å². The van der Waals surface area contributed by atoms with Crippen molar-refractivity contribution in [1.29, 1.82) is 0 Å². The van der Waals surface area contributed by atoms with Crippen LogP contribution in [-0.4, -0.2) is 12.5 Å². The van der Waals surface area contributed by atoms with E-state index in [1.54, 1.807) is 0 Å². The molecule has 0 fully saturated rings. The van der Waals surface area contributed by atoms with E-state index in [2.05, 4.69) is 26.1 Å². The summed E-state index contributed by atoms with van der Waals surface area (Å²) in [7, 11) is 0. The first kappa shape index (κ1) is 17.5. The van der Waals surface area contributed by atoms with Crippen molar-refractivity contribution < 1.29 is 4.79 Å². The minimum Gasteiger partial charge on any atom is -0.356 e. The molecule has 2 nitrogen and oxygen atoms in total. The van der Waals surface area contributed by atoms with Gasteiger partial charge in [-0.1, -0.05) is 65.7 Å². The SMILES string of the molecule is CCCCC(=O)NCCCCCCCCC(C)C. The molecule has 1 amide bonds. The monoisotopic (exact) mass is 255 g/mol. The van der Waals surface area contributed by atoms with Crippen molar-refractivity contribution in [3.63, 3.8) is 0 Å². The maximum atomic E-state index is 11.3. The van der Waals surface area contributed by atoms with Gasteiger partial charge < -0.3 is 5.32 Å². The van der Waals surface area contributed by atoms with Crippen molar-refractivity contribution in [2.45, 2.75) is 85.0 Å². The molecule has 0 aromatic heterocycles. The number of carbonyl (C=O) groups is 1. The van der Waals surface area contributed by atoms with Crippen LogP contribution in [0.25, 0.3) is 0 Å². The summed E-state index contributed by atoms with van der Waals surface area (Å²) in [5.41, 5.74) is 0. The molecule has 0 saturated heterocycles. The van der Waals surface area contributed by atoms with E-state index in [9.17, 15) is 4.79 Å². The summed E-state index contributed by atoms with van der Waals surface area (Å²) in [5.74, 6) is 1.08. The third kappa shape index (κ3) is 13.5. The molecule has 0 rings (SSSR count). The highest BCUT2D eigenvalue weighted by Gasteiger charge is 1.99. The zero-order chi connectivity index (χ0) is 13.6. The molecule has 0 bridgehead atoms. The lowest BCUT2D eigenvalue weighted by Crippen LogP contribution is -2.23. The van der Waals surface area contributed by atoms with Crippen molar-refractivity contribution >= 4 is 5.91 Å². The minimum atomic E-state index is 0.230. The Kier molecular flexibility index (Phi) is 12.5. The molecule has 0 radical (unpaired) electrons. The van der Waals surface area contributed by atoms with Crippen LogP contribution in [0.15, 0.2) is 0 Å². The molecule has 0 aliphatic rings. The van der Waals surface area contributed by atoms with Crippen LogP contribution >= 0.6 is 0 Å². The van der Waals surface area contributed by atoms with Crippen LogP contribution in [0.4, 0.5) is 0 Å². The topological polar surface area (TPSA) is 29.1 Å².